The Bertz CT molecular complexity index is 1100. The first-order valence-corrected chi connectivity index (χ1v) is 11.5. The maximum absolute atomic E-state index is 11.6. The number of rotatable bonds is 7. The van der Waals surface area contributed by atoms with Crippen LogP contribution in [0.2, 0.25) is 0 Å². The monoisotopic (exact) mass is 425 g/mol. The Hall–Kier alpha value is -2.97. The maximum Gasteiger partial charge on any atom is 0.264 e. The number of benzene rings is 2. The van der Waals surface area contributed by atoms with Crippen LogP contribution in [0.4, 0.5) is 11.4 Å². The Morgan fingerprint density at radius 1 is 1.03 bits per heavy atom. The molecule has 1 N–H and O–H groups in total. The van der Waals surface area contributed by atoms with Crippen molar-refractivity contribution in [3.63, 3.8) is 0 Å². The first-order chi connectivity index (χ1) is 14.5. The zero-order valence-corrected chi connectivity index (χ0v) is 17.4. The van der Waals surface area contributed by atoms with Crippen molar-refractivity contribution in [2.75, 3.05) is 10.7 Å². The molecule has 0 fully saturated rings. The molecule has 1 aliphatic rings. The Morgan fingerprint density at radius 3 is 2.27 bits per heavy atom. The van der Waals surface area contributed by atoms with E-state index in [4.69, 9.17) is 9.72 Å². The van der Waals surface area contributed by atoms with Gasteiger partial charge in [-0.1, -0.05) is 37.6 Å². The Kier molecular flexibility index (Phi) is 5.69. The summed E-state index contributed by atoms with van der Waals surface area (Å²) in [4.78, 5) is 11.2. The number of aromatic nitrogens is 2. The van der Waals surface area contributed by atoms with Gasteiger partial charge in [-0.2, -0.15) is 8.42 Å². The molecule has 4 rings (SSSR count). The average molecular weight is 426 g/mol. The van der Waals surface area contributed by atoms with E-state index in [2.05, 4.69) is 11.9 Å². The first-order valence-electron chi connectivity index (χ1n) is 9.88. The van der Waals surface area contributed by atoms with E-state index in [1.807, 2.05) is 59.5 Å². The summed E-state index contributed by atoms with van der Waals surface area (Å²) in [6.45, 7) is 2.08. The molecule has 7 nitrogen and oxygen atoms in total. The number of aryl methyl sites for hydroxylation is 1. The second-order valence-corrected chi connectivity index (χ2v) is 8.73. The molecule has 0 bridgehead atoms. The smallest absolute Gasteiger partial charge is 0.264 e. The van der Waals surface area contributed by atoms with E-state index < -0.39 is 21.9 Å². The van der Waals surface area contributed by atoms with E-state index in [0.717, 1.165) is 29.9 Å². The minimum absolute atomic E-state index is 0.122. The van der Waals surface area contributed by atoms with Crippen molar-refractivity contribution in [1.82, 2.24) is 9.97 Å². The first kappa shape index (κ1) is 20.3. The molecule has 8 heteroatoms. The molecule has 2 aromatic carbocycles. The number of hydrogen-bond donors (Lipinski definition) is 1. The van der Waals surface area contributed by atoms with Crippen molar-refractivity contribution >= 4 is 21.5 Å². The van der Waals surface area contributed by atoms with Gasteiger partial charge in [-0.15, -0.1) is 0 Å². The highest BCUT2D eigenvalue weighted by Crippen LogP contribution is 2.50. The van der Waals surface area contributed by atoms with Gasteiger partial charge < -0.3 is 9.64 Å². The van der Waals surface area contributed by atoms with Crippen molar-refractivity contribution in [3.05, 3.63) is 72.3 Å². The minimum atomic E-state index is -4.15. The van der Waals surface area contributed by atoms with Gasteiger partial charge in [0.1, 0.15) is 0 Å². The van der Waals surface area contributed by atoms with Crippen LogP contribution in [0.15, 0.2) is 60.8 Å². The SMILES string of the molecule is CCCc1ccnc(C(CCS(=O)(=O)O)N2c3ccccc3Oc3ccccc32)n1. The Labute approximate surface area is 176 Å². The van der Waals surface area contributed by atoms with Crippen molar-refractivity contribution < 1.29 is 17.7 Å². The van der Waals surface area contributed by atoms with E-state index in [9.17, 15) is 13.0 Å². The van der Waals surface area contributed by atoms with Crippen molar-refractivity contribution in [1.29, 1.82) is 0 Å². The van der Waals surface area contributed by atoms with Gasteiger partial charge in [-0.05, 0) is 43.2 Å². The van der Waals surface area contributed by atoms with Gasteiger partial charge >= 0.3 is 0 Å². The number of ether oxygens (including phenoxy) is 1. The summed E-state index contributed by atoms with van der Waals surface area (Å²) < 4.78 is 38.6. The van der Waals surface area contributed by atoms with Crippen molar-refractivity contribution in [2.45, 2.75) is 32.2 Å². The second kappa shape index (κ2) is 8.41. The lowest BCUT2D eigenvalue weighted by atomic mass is 10.1. The largest absolute Gasteiger partial charge is 0.453 e. The summed E-state index contributed by atoms with van der Waals surface area (Å²) in [6, 6.07) is 16.5. The van der Waals surface area contributed by atoms with Crippen LogP contribution in [-0.2, 0) is 16.5 Å². The summed E-state index contributed by atoms with van der Waals surface area (Å²) in [6.07, 6.45) is 3.56. The molecule has 0 amide bonds. The average Bonchev–Trinajstić information content (AvgIpc) is 2.73. The van der Waals surface area contributed by atoms with Crippen LogP contribution < -0.4 is 9.64 Å². The number of anilines is 2. The fraction of sp³-hybridized carbons (Fsp3) is 0.273. The summed E-state index contributed by atoms with van der Waals surface area (Å²) in [5, 5.41) is 0. The molecule has 1 aromatic heterocycles. The highest BCUT2D eigenvalue weighted by atomic mass is 32.2. The van der Waals surface area contributed by atoms with E-state index in [0.29, 0.717) is 17.3 Å². The quantitative estimate of drug-likeness (QED) is 0.549. The molecule has 1 atom stereocenters. The zero-order chi connectivity index (χ0) is 21.1. The molecule has 3 aromatic rings. The van der Waals surface area contributed by atoms with Crippen LogP contribution >= 0.6 is 0 Å². The normalized spacial score (nSPS) is 13.9. The number of para-hydroxylation sites is 4. The van der Waals surface area contributed by atoms with Crippen LogP contribution in [-0.4, -0.2) is 28.7 Å². The van der Waals surface area contributed by atoms with Crippen LogP contribution in [0.5, 0.6) is 11.5 Å². The minimum Gasteiger partial charge on any atom is -0.453 e. The van der Waals surface area contributed by atoms with Gasteiger partial charge in [0, 0.05) is 11.9 Å². The second-order valence-electron chi connectivity index (χ2n) is 7.15. The van der Waals surface area contributed by atoms with Gasteiger partial charge in [0.2, 0.25) is 0 Å². The third kappa shape index (κ3) is 4.29. The lowest BCUT2D eigenvalue weighted by molar-refractivity contribution is 0.458. The van der Waals surface area contributed by atoms with Crippen molar-refractivity contribution in [3.8, 4) is 11.5 Å². The van der Waals surface area contributed by atoms with Crippen LogP contribution in [0.1, 0.15) is 37.3 Å². The van der Waals surface area contributed by atoms with Gasteiger partial charge in [0.05, 0.1) is 23.2 Å². The van der Waals surface area contributed by atoms with Crippen LogP contribution in [0, 0.1) is 0 Å². The zero-order valence-electron chi connectivity index (χ0n) is 16.6. The van der Waals surface area contributed by atoms with Gasteiger partial charge in [-0.25, -0.2) is 9.97 Å². The summed E-state index contributed by atoms with van der Waals surface area (Å²) in [5.41, 5.74) is 2.48. The van der Waals surface area contributed by atoms with E-state index in [1.165, 1.54) is 0 Å². The third-order valence-electron chi connectivity index (χ3n) is 4.97. The molecular weight excluding hydrogens is 402 g/mol. The Balaban J connectivity index is 1.86. The summed E-state index contributed by atoms with van der Waals surface area (Å²) in [5.74, 6) is 1.44. The highest BCUT2D eigenvalue weighted by molar-refractivity contribution is 7.85. The topological polar surface area (TPSA) is 92.6 Å². The maximum atomic E-state index is 11.6. The molecule has 1 unspecified atom stereocenters. The predicted molar refractivity (Wildman–Crippen MR) is 115 cm³/mol. The third-order valence-corrected chi connectivity index (χ3v) is 5.72. The molecule has 0 radical (unpaired) electrons. The van der Waals surface area contributed by atoms with Gasteiger partial charge in [0.25, 0.3) is 10.1 Å². The number of hydrogen-bond acceptors (Lipinski definition) is 6. The molecule has 30 heavy (non-hydrogen) atoms. The summed E-state index contributed by atoms with van der Waals surface area (Å²) in [7, 11) is -4.15. The van der Waals surface area contributed by atoms with Crippen LogP contribution in [0.25, 0.3) is 0 Å². The van der Waals surface area contributed by atoms with E-state index in [1.54, 1.807) is 6.20 Å². The molecule has 1 aliphatic heterocycles. The van der Waals surface area contributed by atoms with Crippen molar-refractivity contribution in [2.24, 2.45) is 0 Å². The Morgan fingerprint density at radius 2 is 1.67 bits per heavy atom. The molecule has 2 heterocycles. The lowest BCUT2D eigenvalue weighted by Gasteiger charge is -2.37. The molecule has 0 saturated heterocycles. The lowest BCUT2D eigenvalue weighted by Crippen LogP contribution is -2.30. The fourth-order valence-electron chi connectivity index (χ4n) is 3.67. The van der Waals surface area contributed by atoms with E-state index >= 15 is 0 Å². The van der Waals surface area contributed by atoms with Gasteiger partial charge in [0.15, 0.2) is 17.3 Å². The molecular formula is C22H23N3O4S. The molecule has 0 spiro atoms. The molecule has 0 saturated carbocycles. The van der Waals surface area contributed by atoms with Crippen LogP contribution in [0.3, 0.4) is 0 Å². The number of nitrogens with zero attached hydrogens (tertiary/aromatic N) is 3. The highest BCUT2D eigenvalue weighted by Gasteiger charge is 2.33. The fourth-order valence-corrected chi connectivity index (χ4v) is 4.19. The standard InChI is InChI=1S/C22H23N3O4S/c1-2-7-16-12-14-23-22(24-16)19(13-15-30(26,27)28)25-17-8-3-5-10-20(17)29-21-11-6-4-9-18(21)25/h3-6,8-12,14,19H,2,7,13,15H2,1H3,(H,26,27,28). The number of fused-ring (bicyclic) bond motifs is 2. The molecule has 156 valence electrons. The predicted octanol–water partition coefficient (Wildman–Crippen LogP) is 4.69. The van der Waals surface area contributed by atoms with Gasteiger partial charge in [-0.3, -0.25) is 4.55 Å². The van der Waals surface area contributed by atoms with E-state index in [-0.39, 0.29) is 6.42 Å². The summed E-state index contributed by atoms with van der Waals surface area (Å²) >= 11 is 0. The molecule has 0 aliphatic carbocycles.